The van der Waals surface area contributed by atoms with Crippen LogP contribution >= 0.6 is 0 Å². The highest BCUT2D eigenvalue weighted by Gasteiger charge is 2.80. The van der Waals surface area contributed by atoms with E-state index < -0.39 is 52.4 Å². The number of carbonyl (C=O) groups is 3. The second-order valence-electron chi connectivity index (χ2n) is 17.1. The van der Waals surface area contributed by atoms with E-state index in [4.69, 9.17) is 18.9 Å². The summed E-state index contributed by atoms with van der Waals surface area (Å²) < 4.78 is 23.7. The number of nitrogens with zero attached hydrogens (tertiary/aromatic N) is 3. The van der Waals surface area contributed by atoms with E-state index in [-0.39, 0.29) is 17.9 Å². The topological polar surface area (TPSA) is 134 Å². The lowest BCUT2D eigenvalue weighted by Gasteiger charge is -2.63. The maximum atomic E-state index is 14.5. The molecule has 1 saturated carbocycles. The van der Waals surface area contributed by atoms with Crippen LogP contribution in [0.2, 0.25) is 0 Å². The monoisotopic (exact) mass is 778 g/mol. The molecule has 3 aromatic rings. The third-order valence-corrected chi connectivity index (χ3v) is 14.7. The number of nitrogens with one attached hydrogen (secondary N) is 1. The number of methoxy groups -OCH3 is 3. The number of anilines is 1. The van der Waals surface area contributed by atoms with E-state index in [1.54, 1.807) is 7.11 Å². The van der Waals surface area contributed by atoms with Gasteiger partial charge in [0.1, 0.15) is 11.7 Å². The highest BCUT2D eigenvalue weighted by Crippen LogP contribution is 2.68. The molecular weight excluding hydrogens is 725 g/mol. The third kappa shape index (κ3) is 4.99. The van der Waals surface area contributed by atoms with Gasteiger partial charge in [-0.05, 0) is 60.5 Å². The van der Waals surface area contributed by atoms with Crippen molar-refractivity contribution in [2.75, 3.05) is 59.5 Å². The van der Waals surface area contributed by atoms with Crippen LogP contribution in [0.3, 0.4) is 0 Å². The molecule has 12 nitrogen and oxygen atoms in total. The minimum Gasteiger partial charge on any atom is -0.496 e. The molecule has 1 unspecified atom stereocenters. The van der Waals surface area contributed by atoms with E-state index in [9.17, 15) is 19.5 Å². The Morgan fingerprint density at radius 2 is 1.82 bits per heavy atom. The number of hydrogen-bond acceptors (Lipinski definition) is 11. The summed E-state index contributed by atoms with van der Waals surface area (Å²) in [5.74, 6) is -2.33. The molecule has 9 rings (SSSR count). The summed E-state index contributed by atoms with van der Waals surface area (Å²) in [7, 11) is 6.29. The summed E-state index contributed by atoms with van der Waals surface area (Å²) in [6.07, 6.45) is 7.32. The Bertz CT molecular complexity index is 2230. The zero-order valence-electron chi connectivity index (χ0n) is 34.0. The number of rotatable bonds is 7. The molecule has 6 heterocycles. The van der Waals surface area contributed by atoms with Gasteiger partial charge in [0.25, 0.3) is 0 Å². The van der Waals surface area contributed by atoms with Gasteiger partial charge in [-0.1, -0.05) is 55.8 Å². The Morgan fingerprint density at radius 1 is 1.04 bits per heavy atom. The van der Waals surface area contributed by atoms with Gasteiger partial charge in [-0.2, -0.15) is 0 Å². The number of hydrogen-bond donors (Lipinski definition) is 2. The number of para-hydroxylation sites is 1. The van der Waals surface area contributed by atoms with Crippen molar-refractivity contribution >= 4 is 34.5 Å². The maximum absolute atomic E-state index is 14.5. The largest absolute Gasteiger partial charge is 0.496 e. The minimum absolute atomic E-state index is 0.0733. The average Bonchev–Trinajstić information content (AvgIpc) is 3.86. The van der Waals surface area contributed by atoms with Crippen molar-refractivity contribution in [2.24, 2.45) is 11.3 Å². The van der Waals surface area contributed by atoms with Crippen molar-refractivity contribution in [3.8, 4) is 5.75 Å². The molecule has 0 amide bonds. The second kappa shape index (κ2) is 13.5. The fourth-order valence-corrected chi connectivity index (χ4v) is 12.8. The molecule has 0 radical (unpaired) electrons. The summed E-state index contributed by atoms with van der Waals surface area (Å²) in [5, 5.41) is 14.4. The molecule has 6 aliphatic rings. The SMILES string of the molecule is CCC1=C[C@@H]2CN(C1)Cc1c([nH]c3ccccc13)[C@H](C(=O)OC)[C@H]2c1cc2c(cc1OC)N(C)[C@@H]1[C@@](O)(C(=O)OC)[C@H](OC(C)=O)[C@]3(CC)C=CCN4CC[C@]21[C@@H]43. The lowest BCUT2D eigenvalue weighted by Crippen LogP contribution is -2.81. The molecule has 5 aliphatic heterocycles. The van der Waals surface area contributed by atoms with Crippen LogP contribution < -0.4 is 9.64 Å². The van der Waals surface area contributed by atoms with Crippen LogP contribution in [0.5, 0.6) is 5.75 Å². The number of aromatic nitrogens is 1. The quantitative estimate of drug-likeness (QED) is 0.192. The molecule has 2 N–H and O–H groups in total. The average molecular weight is 779 g/mol. The molecule has 10 atom stereocenters. The van der Waals surface area contributed by atoms with Crippen molar-refractivity contribution in [2.45, 2.75) is 87.6 Å². The Balaban J connectivity index is 1.34. The van der Waals surface area contributed by atoms with Gasteiger partial charge in [0.05, 0.1) is 27.4 Å². The molecule has 1 saturated heterocycles. The van der Waals surface area contributed by atoms with Gasteiger partial charge in [0.2, 0.25) is 5.60 Å². The number of aromatic amines is 1. The van der Waals surface area contributed by atoms with E-state index in [1.165, 1.54) is 26.7 Å². The standard InChI is InChI=1S/C45H54N4O8/c1-8-26-19-27-23-48(22-26)24-30-28-13-10-11-14-32(28)46-37(30)36(38(51)55-6)35(27)29-20-31-33(21-34(29)54-5)47(4)40-44(31)16-18-49-17-12-15-43(9-2,39(44)49)41(57-25(3)50)45(40,53)42(52)56-7/h10-15,19-21,27,35-36,39-41,46,53H,8-9,16-18,22-24H2,1-7H3/t27-,35-,36-,39+,40+,41-,43-,44-,45+/m1/s1. The molecule has 2 bridgehead atoms. The van der Waals surface area contributed by atoms with Crippen LogP contribution in [0.4, 0.5) is 5.69 Å². The van der Waals surface area contributed by atoms with Crippen LogP contribution in [-0.2, 0) is 40.6 Å². The van der Waals surface area contributed by atoms with Crippen molar-refractivity contribution in [1.82, 2.24) is 14.8 Å². The normalized spacial score (nSPS) is 34.9. The van der Waals surface area contributed by atoms with Crippen molar-refractivity contribution in [1.29, 1.82) is 0 Å². The summed E-state index contributed by atoms with van der Waals surface area (Å²) in [6, 6.07) is 11.4. The van der Waals surface area contributed by atoms with E-state index in [0.717, 1.165) is 58.5 Å². The lowest BCUT2D eigenvalue weighted by molar-refractivity contribution is -0.228. The van der Waals surface area contributed by atoms with Gasteiger partial charge in [0.15, 0.2) is 6.10 Å². The Morgan fingerprint density at radius 3 is 2.53 bits per heavy atom. The van der Waals surface area contributed by atoms with E-state index in [0.29, 0.717) is 38.2 Å². The molecule has 1 aromatic heterocycles. The molecular formula is C45H54N4O8. The van der Waals surface area contributed by atoms with Gasteiger partial charge in [-0.3, -0.25) is 19.4 Å². The first-order valence-corrected chi connectivity index (χ1v) is 20.4. The van der Waals surface area contributed by atoms with Gasteiger partial charge < -0.3 is 33.9 Å². The Hall–Kier alpha value is -4.65. The predicted molar refractivity (Wildman–Crippen MR) is 214 cm³/mol. The highest BCUT2D eigenvalue weighted by atomic mass is 16.6. The molecule has 2 aromatic carbocycles. The van der Waals surface area contributed by atoms with Crippen molar-refractivity contribution < 1.29 is 38.4 Å². The Kier molecular flexibility index (Phi) is 8.95. The van der Waals surface area contributed by atoms with Crippen molar-refractivity contribution in [3.05, 3.63) is 82.6 Å². The molecule has 12 heteroatoms. The van der Waals surface area contributed by atoms with Crippen LogP contribution in [0, 0.1) is 11.3 Å². The first-order chi connectivity index (χ1) is 27.4. The summed E-state index contributed by atoms with van der Waals surface area (Å²) in [6.45, 7) is 9.22. The smallest absolute Gasteiger partial charge is 0.344 e. The van der Waals surface area contributed by atoms with Gasteiger partial charge in [-0.15, -0.1) is 0 Å². The number of likely N-dealkylation sites (N-methyl/N-ethyl adjacent to an activating group) is 1. The number of ether oxygens (including phenoxy) is 4. The first kappa shape index (κ1) is 37.9. The first-order valence-electron chi connectivity index (χ1n) is 20.4. The summed E-state index contributed by atoms with van der Waals surface area (Å²) in [5.41, 5.74) is 2.91. The number of aliphatic hydroxyl groups is 1. The predicted octanol–water partition coefficient (Wildman–Crippen LogP) is 4.94. The molecule has 1 spiro atoms. The van der Waals surface area contributed by atoms with E-state index >= 15 is 0 Å². The highest BCUT2D eigenvalue weighted by molar-refractivity contribution is 5.90. The fourth-order valence-electron chi connectivity index (χ4n) is 12.8. The molecule has 57 heavy (non-hydrogen) atoms. The molecule has 302 valence electrons. The molecule has 1 aliphatic carbocycles. The van der Waals surface area contributed by atoms with E-state index in [1.807, 2.05) is 37.1 Å². The summed E-state index contributed by atoms with van der Waals surface area (Å²) in [4.78, 5) is 52.4. The fraction of sp³-hybridized carbons (Fsp3) is 0.533. The van der Waals surface area contributed by atoms with Crippen LogP contribution in [0.1, 0.15) is 74.3 Å². The number of fused-ring (bicyclic) bond motifs is 6. The van der Waals surface area contributed by atoms with Gasteiger partial charge >= 0.3 is 17.9 Å². The number of carbonyl (C=O) groups excluding carboxylic acids is 3. The number of esters is 3. The van der Waals surface area contributed by atoms with Crippen LogP contribution in [0.15, 0.2) is 60.2 Å². The number of benzene rings is 2. The molecule has 2 fully saturated rings. The maximum Gasteiger partial charge on any atom is 0.344 e. The van der Waals surface area contributed by atoms with Gasteiger partial charge in [-0.25, -0.2) is 4.79 Å². The van der Waals surface area contributed by atoms with Crippen LogP contribution in [0.25, 0.3) is 10.9 Å². The second-order valence-corrected chi connectivity index (χ2v) is 17.1. The zero-order chi connectivity index (χ0) is 40.2. The lowest BCUT2D eigenvalue weighted by atomic mass is 9.47. The van der Waals surface area contributed by atoms with E-state index in [2.05, 4.69) is 58.1 Å². The minimum atomic E-state index is -2.25. The third-order valence-electron chi connectivity index (χ3n) is 14.7. The van der Waals surface area contributed by atoms with Crippen LogP contribution in [-0.4, -0.2) is 116 Å². The zero-order valence-corrected chi connectivity index (χ0v) is 34.0. The Labute approximate surface area is 333 Å². The van der Waals surface area contributed by atoms with Gasteiger partial charge in [0, 0.05) is 91.3 Å². The number of H-pyrrole nitrogens is 1. The summed E-state index contributed by atoms with van der Waals surface area (Å²) >= 11 is 0. The van der Waals surface area contributed by atoms with Crippen molar-refractivity contribution in [3.63, 3.8) is 0 Å².